The van der Waals surface area contributed by atoms with Gasteiger partial charge in [0.25, 0.3) is 11.5 Å². The van der Waals surface area contributed by atoms with Crippen molar-refractivity contribution in [3.63, 3.8) is 0 Å². The molecule has 1 aromatic carbocycles. The van der Waals surface area contributed by atoms with Crippen LogP contribution in [-0.4, -0.2) is 52.7 Å². The number of nitrogens with one attached hydrogen (secondary N) is 1. The van der Waals surface area contributed by atoms with Crippen LogP contribution in [0.25, 0.3) is 5.52 Å². The Labute approximate surface area is 222 Å². The Balaban J connectivity index is 1.39. The number of rotatable bonds is 6. The number of ether oxygens (including phenoxy) is 1. The average molecular weight is 515 g/mol. The highest BCUT2D eigenvalue weighted by molar-refractivity contribution is 5.94. The van der Waals surface area contributed by atoms with Crippen molar-refractivity contribution in [3.05, 3.63) is 81.8 Å². The number of hydrogen-bond donors (Lipinski definition) is 2. The van der Waals surface area contributed by atoms with E-state index in [1.54, 1.807) is 25.4 Å². The predicted octanol–water partition coefficient (Wildman–Crippen LogP) is 3.40. The summed E-state index contributed by atoms with van der Waals surface area (Å²) in [5.41, 5.74) is 1.65. The molecule has 3 aromatic rings. The number of carbonyl (C=O) groups excluding carboxylic acids is 1. The zero-order valence-electron chi connectivity index (χ0n) is 21.7. The molecule has 3 heterocycles. The summed E-state index contributed by atoms with van der Waals surface area (Å²) in [6, 6.07) is 17.2. The molecule has 2 N–H and O–H groups in total. The SMILES string of the molecule is COc1ccccc1C1(C#N)CCN(Cc2cc(C(=O)N[C@H]3CCCC[C@@H]3O)c(=O)n3ccccc23)CC1. The molecule has 8 nitrogen and oxygen atoms in total. The second kappa shape index (κ2) is 11.0. The average Bonchev–Trinajstić information content (AvgIpc) is 2.96. The normalized spacial score (nSPS) is 21.5. The molecule has 1 amide bonds. The van der Waals surface area contributed by atoms with Crippen LogP contribution in [0.2, 0.25) is 0 Å². The predicted molar refractivity (Wildman–Crippen MR) is 144 cm³/mol. The van der Waals surface area contributed by atoms with Crippen molar-refractivity contribution in [2.45, 2.75) is 62.6 Å². The number of pyridine rings is 2. The fourth-order valence-corrected chi connectivity index (χ4v) is 5.95. The minimum absolute atomic E-state index is 0.0823. The molecule has 1 saturated heterocycles. The van der Waals surface area contributed by atoms with Gasteiger partial charge >= 0.3 is 0 Å². The van der Waals surface area contributed by atoms with Crippen LogP contribution in [0.4, 0.5) is 0 Å². The number of aliphatic hydroxyl groups excluding tert-OH is 1. The summed E-state index contributed by atoms with van der Waals surface area (Å²) >= 11 is 0. The first-order valence-electron chi connectivity index (χ1n) is 13.3. The van der Waals surface area contributed by atoms with Gasteiger partial charge in [0.05, 0.1) is 36.3 Å². The van der Waals surface area contributed by atoms with Crippen molar-refractivity contribution < 1.29 is 14.6 Å². The standard InChI is InChI=1S/C30H34N4O4/c1-38-27-12-5-2-8-23(27)30(20-31)13-16-33(17-14-30)19-21-18-22(29(37)34-15-7-6-10-25(21)34)28(36)32-24-9-3-4-11-26(24)35/h2,5-8,10,12,15,18,24,26,35H,3-4,9,11,13-14,16-17,19H2,1H3,(H,32,36)/t24-,26-/m0/s1. The van der Waals surface area contributed by atoms with Gasteiger partial charge in [0.15, 0.2) is 0 Å². The van der Waals surface area contributed by atoms with Crippen LogP contribution in [0.3, 0.4) is 0 Å². The molecule has 1 aliphatic carbocycles. The van der Waals surface area contributed by atoms with E-state index in [0.717, 1.165) is 35.2 Å². The number of fused-ring (bicyclic) bond motifs is 1. The van der Waals surface area contributed by atoms with Crippen molar-refractivity contribution in [3.8, 4) is 11.8 Å². The lowest BCUT2D eigenvalue weighted by molar-refractivity contribution is 0.0716. The van der Waals surface area contributed by atoms with Gasteiger partial charge in [0.1, 0.15) is 11.3 Å². The van der Waals surface area contributed by atoms with Crippen molar-refractivity contribution in [2.24, 2.45) is 0 Å². The number of hydrogen-bond acceptors (Lipinski definition) is 6. The lowest BCUT2D eigenvalue weighted by Gasteiger charge is -2.38. The molecule has 1 saturated carbocycles. The number of methoxy groups -OCH3 is 1. The van der Waals surface area contributed by atoms with Crippen LogP contribution in [0.15, 0.2) is 59.5 Å². The minimum Gasteiger partial charge on any atom is -0.496 e. The molecule has 0 unspecified atom stereocenters. The second-order valence-electron chi connectivity index (χ2n) is 10.4. The fourth-order valence-electron chi connectivity index (χ4n) is 5.95. The summed E-state index contributed by atoms with van der Waals surface area (Å²) in [4.78, 5) is 28.7. The summed E-state index contributed by atoms with van der Waals surface area (Å²) in [6.07, 6.45) is 5.65. The highest BCUT2D eigenvalue weighted by Crippen LogP contribution is 2.40. The fraction of sp³-hybridized carbons (Fsp3) is 0.433. The molecule has 5 rings (SSSR count). The maximum Gasteiger partial charge on any atom is 0.267 e. The molecule has 0 bridgehead atoms. The number of aromatic nitrogens is 1. The molecule has 0 radical (unpaired) electrons. The Bertz CT molecular complexity index is 1420. The van der Waals surface area contributed by atoms with Gasteiger partial charge in [-0.1, -0.05) is 37.1 Å². The minimum atomic E-state index is -0.620. The van der Waals surface area contributed by atoms with Gasteiger partial charge in [0.2, 0.25) is 0 Å². The third-order valence-corrected chi connectivity index (χ3v) is 8.19. The van der Waals surface area contributed by atoms with Gasteiger partial charge in [-0.05, 0) is 55.5 Å². The largest absolute Gasteiger partial charge is 0.496 e. The summed E-state index contributed by atoms with van der Waals surface area (Å²) in [5.74, 6) is 0.286. The van der Waals surface area contributed by atoms with Crippen LogP contribution >= 0.6 is 0 Å². The van der Waals surface area contributed by atoms with E-state index in [9.17, 15) is 20.0 Å². The third-order valence-electron chi connectivity index (χ3n) is 8.19. The first kappa shape index (κ1) is 26.0. The molecule has 8 heteroatoms. The maximum atomic E-state index is 13.3. The molecule has 198 valence electrons. The van der Waals surface area contributed by atoms with Crippen LogP contribution in [0.1, 0.15) is 60.0 Å². The van der Waals surface area contributed by atoms with E-state index < -0.39 is 17.4 Å². The van der Waals surface area contributed by atoms with Crippen LogP contribution in [-0.2, 0) is 12.0 Å². The Morgan fingerprint density at radius 3 is 2.63 bits per heavy atom. The Kier molecular flexibility index (Phi) is 7.50. The molecule has 0 spiro atoms. The van der Waals surface area contributed by atoms with Crippen molar-refractivity contribution in [1.29, 1.82) is 5.26 Å². The first-order valence-corrected chi connectivity index (χ1v) is 13.3. The van der Waals surface area contributed by atoms with Gasteiger partial charge in [-0.2, -0.15) is 5.26 Å². The second-order valence-corrected chi connectivity index (χ2v) is 10.4. The summed E-state index contributed by atoms with van der Waals surface area (Å²) in [7, 11) is 1.63. The third kappa shape index (κ3) is 4.92. The van der Waals surface area contributed by atoms with Gasteiger partial charge < -0.3 is 15.2 Å². The highest BCUT2D eigenvalue weighted by Gasteiger charge is 2.38. The smallest absolute Gasteiger partial charge is 0.267 e. The van der Waals surface area contributed by atoms with Crippen LogP contribution in [0, 0.1) is 11.3 Å². The Morgan fingerprint density at radius 1 is 1.16 bits per heavy atom. The van der Waals surface area contributed by atoms with Gasteiger partial charge in [-0.3, -0.25) is 18.9 Å². The molecular formula is C30H34N4O4. The number of nitrogens with zero attached hydrogens (tertiary/aromatic N) is 3. The summed E-state index contributed by atoms with van der Waals surface area (Å²) in [5, 5.41) is 23.4. The number of benzene rings is 1. The van der Waals surface area contributed by atoms with E-state index in [2.05, 4.69) is 16.3 Å². The van der Waals surface area contributed by atoms with Crippen LogP contribution in [0.5, 0.6) is 5.75 Å². The van der Waals surface area contributed by atoms with Gasteiger partial charge in [0, 0.05) is 31.4 Å². The molecule has 1 aliphatic heterocycles. The number of aliphatic hydroxyl groups is 1. The first-order chi connectivity index (χ1) is 18.5. The molecule has 2 atom stereocenters. The molecular weight excluding hydrogens is 480 g/mol. The molecule has 2 fully saturated rings. The Morgan fingerprint density at radius 2 is 1.89 bits per heavy atom. The van der Waals surface area contributed by atoms with Crippen molar-refractivity contribution in [1.82, 2.24) is 14.6 Å². The summed E-state index contributed by atoms with van der Waals surface area (Å²) < 4.78 is 7.08. The van der Waals surface area contributed by atoms with Gasteiger partial charge in [-0.25, -0.2) is 0 Å². The lowest BCUT2D eigenvalue weighted by atomic mass is 9.73. The number of nitriles is 1. The number of piperidine rings is 1. The highest BCUT2D eigenvalue weighted by atomic mass is 16.5. The van der Waals surface area contributed by atoms with E-state index in [-0.39, 0.29) is 17.2 Å². The number of para-hydroxylation sites is 1. The van der Waals surface area contributed by atoms with E-state index in [1.807, 2.05) is 36.4 Å². The lowest BCUT2D eigenvalue weighted by Crippen LogP contribution is -2.46. The number of likely N-dealkylation sites (tertiary alicyclic amines) is 1. The maximum absolute atomic E-state index is 13.3. The number of carbonyl (C=O) groups is 1. The van der Waals surface area contributed by atoms with Gasteiger partial charge in [-0.15, -0.1) is 0 Å². The molecule has 38 heavy (non-hydrogen) atoms. The quantitative estimate of drug-likeness (QED) is 0.522. The van der Waals surface area contributed by atoms with Crippen molar-refractivity contribution in [2.75, 3.05) is 20.2 Å². The molecule has 2 aromatic heterocycles. The van der Waals surface area contributed by atoms with E-state index in [4.69, 9.17) is 4.74 Å². The Hall–Kier alpha value is -3.67. The zero-order chi connectivity index (χ0) is 26.7. The molecule has 2 aliphatic rings. The zero-order valence-corrected chi connectivity index (χ0v) is 21.7. The van der Waals surface area contributed by atoms with E-state index in [0.29, 0.717) is 45.3 Å². The van der Waals surface area contributed by atoms with E-state index in [1.165, 1.54) is 4.40 Å². The summed E-state index contributed by atoms with van der Waals surface area (Å²) in [6.45, 7) is 1.94. The topological polar surface area (TPSA) is 107 Å². The van der Waals surface area contributed by atoms with E-state index >= 15 is 0 Å². The van der Waals surface area contributed by atoms with Crippen LogP contribution < -0.4 is 15.6 Å². The van der Waals surface area contributed by atoms with Crippen molar-refractivity contribution >= 4 is 11.4 Å². The monoisotopic (exact) mass is 514 g/mol. The number of amides is 1.